The Kier molecular flexibility index (Phi) is 4.96. The summed E-state index contributed by atoms with van der Waals surface area (Å²) in [5, 5.41) is 20.4. The summed E-state index contributed by atoms with van der Waals surface area (Å²) in [6, 6.07) is 8.67. The molecule has 1 aromatic carbocycles. The van der Waals surface area contributed by atoms with Crippen LogP contribution in [0, 0.1) is 0 Å². The number of hydrogen-bond donors (Lipinski definition) is 3. The van der Waals surface area contributed by atoms with Crippen molar-refractivity contribution in [3.05, 3.63) is 35.9 Å². The Morgan fingerprint density at radius 2 is 2.06 bits per heavy atom. The fourth-order valence-electron chi connectivity index (χ4n) is 1.50. The molecule has 0 saturated carbocycles. The maximum Gasteiger partial charge on any atom is 0.404 e. The molecule has 0 bridgehead atoms. The van der Waals surface area contributed by atoms with Gasteiger partial charge in [0.25, 0.3) is 0 Å². The molecule has 92 valence electrons. The highest BCUT2D eigenvalue weighted by atomic mass is 16.5. The lowest BCUT2D eigenvalue weighted by Gasteiger charge is -2.19. The molecular weight excluding hydrogens is 224 g/mol. The summed E-state index contributed by atoms with van der Waals surface area (Å²) in [5.74, 6) is 0. The minimum Gasteiger partial charge on any atom is -0.465 e. The largest absolute Gasteiger partial charge is 0.465 e. The summed E-state index contributed by atoms with van der Waals surface area (Å²) in [6.07, 6.45) is -0.551. The van der Waals surface area contributed by atoms with Gasteiger partial charge < -0.3 is 10.4 Å². The van der Waals surface area contributed by atoms with E-state index in [4.69, 9.17) is 10.3 Å². The van der Waals surface area contributed by atoms with Gasteiger partial charge in [0, 0.05) is 0 Å². The highest BCUT2D eigenvalue weighted by Crippen LogP contribution is 2.03. The van der Waals surface area contributed by atoms with E-state index in [1.165, 1.54) is 0 Å². The number of benzene rings is 1. The minimum atomic E-state index is -1.19. The van der Waals surface area contributed by atoms with Gasteiger partial charge in [-0.05, 0) is 12.0 Å². The molecule has 0 radical (unpaired) electrons. The second kappa shape index (κ2) is 6.49. The van der Waals surface area contributed by atoms with E-state index >= 15 is 0 Å². The summed E-state index contributed by atoms with van der Waals surface area (Å²) in [6.45, 7) is -0.0926. The maximum atomic E-state index is 10.6. The smallest absolute Gasteiger partial charge is 0.404 e. The predicted octanol–water partition coefficient (Wildman–Crippen LogP) is 0.713. The Hall–Kier alpha value is -2.08. The molecule has 1 aromatic rings. The van der Waals surface area contributed by atoms with Gasteiger partial charge in [0.1, 0.15) is 0 Å². The number of carbonyl (C=O) groups excluding carboxylic acids is 1. The number of carboxylic acid groups (broad SMARTS) is 1. The monoisotopic (exact) mass is 238 g/mol. The Labute approximate surface area is 98.4 Å². The Morgan fingerprint density at radius 3 is 2.59 bits per heavy atom. The van der Waals surface area contributed by atoms with E-state index in [9.17, 15) is 9.59 Å². The van der Waals surface area contributed by atoms with Crippen LogP contribution in [0.15, 0.2) is 30.3 Å². The van der Waals surface area contributed by atoms with E-state index in [0.717, 1.165) is 5.56 Å². The van der Waals surface area contributed by atoms with Gasteiger partial charge in [-0.2, -0.15) is 0 Å². The highest BCUT2D eigenvalue weighted by Gasteiger charge is 2.14. The molecule has 0 fully saturated rings. The average Bonchev–Trinajstić information content (AvgIpc) is 2.29. The molecule has 2 amide bonds. The first-order valence-corrected chi connectivity index (χ1v) is 5.06. The van der Waals surface area contributed by atoms with Crippen LogP contribution in [-0.2, 0) is 11.2 Å². The van der Waals surface area contributed by atoms with Crippen molar-refractivity contribution in [2.45, 2.75) is 12.5 Å². The summed E-state index contributed by atoms with van der Waals surface area (Å²) in [7, 11) is 0. The van der Waals surface area contributed by atoms with Gasteiger partial charge in [-0.1, -0.05) is 30.3 Å². The summed E-state index contributed by atoms with van der Waals surface area (Å²) in [5.41, 5.74) is 0.922. The van der Waals surface area contributed by atoms with Gasteiger partial charge in [-0.25, -0.2) is 9.86 Å². The van der Waals surface area contributed by atoms with Crippen molar-refractivity contribution in [1.82, 2.24) is 10.4 Å². The molecule has 17 heavy (non-hydrogen) atoms. The van der Waals surface area contributed by atoms with Crippen molar-refractivity contribution in [3.8, 4) is 0 Å². The van der Waals surface area contributed by atoms with Crippen molar-refractivity contribution < 1.29 is 19.9 Å². The van der Waals surface area contributed by atoms with Crippen LogP contribution in [0.2, 0.25) is 0 Å². The van der Waals surface area contributed by atoms with Gasteiger partial charge in [-0.3, -0.25) is 10.0 Å². The van der Waals surface area contributed by atoms with E-state index in [2.05, 4.69) is 5.32 Å². The molecule has 0 spiro atoms. The van der Waals surface area contributed by atoms with E-state index in [0.29, 0.717) is 11.5 Å². The van der Waals surface area contributed by atoms with Crippen molar-refractivity contribution in [1.29, 1.82) is 0 Å². The van der Waals surface area contributed by atoms with E-state index in [-0.39, 0.29) is 13.0 Å². The number of amides is 2. The Balaban J connectivity index is 2.63. The minimum absolute atomic E-state index is 0.0926. The molecule has 6 heteroatoms. The second-order valence-electron chi connectivity index (χ2n) is 3.56. The number of carbonyl (C=O) groups is 2. The fraction of sp³-hybridized carbons (Fsp3) is 0.273. The standard InChI is InChI=1S/C11H14N2O4/c14-8-13(17)7-10(12-11(15)16)6-9-4-2-1-3-5-9/h1-5,8,10,12,17H,6-7H2,(H,15,16)/t10-/m0/s1. The summed E-state index contributed by atoms with van der Waals surface area (Å²) >= 11 is 0. The lowest BCUT2D eigenvalue weighted by molar-refractivity contribution is -0.150. The number of nitrogens with zero attached hydrogens (tertiary/aromatic N) is 1. The highest BCUT2D eigenvalue weighted by molar-refractivity contribution is 5.65. The lowest BCUT2D eigenvalue weighted by atomic mass is 10.1. The molecule has 0 aliphatic carbocycles. The van der Waals surface area contributed by atoms with Crippen LogP contribution in [0.3, 0.4) is 0 Å². The topological polar surface area (TPSA) is 89.9 Å². The summed E-state index contributed by atoms with van der Waals surface area (Å²) < 4.78 is 0. The average molecular weight is 238 g/mol. The zero-order valence-electron chi connectivity index (χ0n) is 9.11. The van der Waals surface area contributed by atoms with Gasteiger partial charge in [0.05, 0.1) is 12.6 Å². The SMILES string of the molecule is O=CN(O)C[C@H](Cc1ccccc1)NC(=O)O. The van der Waals surface area contributed by atoms with Gasteiger partial charge in [0.2, 0.25) is 6.41 Å². The third-order valence-electron chi connectivity index (χ3n) is 2.18. The first kappa shape index (κ1) is 13.0. The fourth-order valence-corrected chi connectivity index (χ4v) is 1.50. The Morgan fingerprint density at radius 1 is 1.41 bits per heavy atom. The van der Waals surface area contributed by atoms with Crippen LogP contribution in [0.25, 0.3) is 0 Å². The first-order chi connectivity index (χ1) is 8.11. The van der Waals surface area contributed by atoms with Crippen LogP contribution in [0.1, 0.15) is 5.56 Å². The van der Waals surface area contributed by atoms with Crippen molar-refractivity contribution in [2.75, 3.05) is 6.54 Å². The van der Waals surface area contributed by atoms with Crippen LogP contribution in [-0.4, -0.2) is 40.5 Å². The van der Waals surface area contributed by atoms with Gasteiger partial charge in [-0.15, -0.1) is 0 Å². The molecule has 0 heterocycles. The third kappa shape index (κ3) is 4.98. The quantitative estimate of drug-likeness (QED) is 0.387. The normalized spacial score (nSPS) is 11.6. The van der Waals surface area contributed by atoms with Crippen molar-refractivity contribution in [3.63, 3.8) is 0 Å². The van der Waals surface area contributed by atoms with Gasteiger partial charge in [0.15, 0.2) is 0 Å². The number of rotatable bonds is 6. The van der Waals surface area contributed by atoms with Gasteiger partial charge >= 0.3 is 6.09 Å². The molecule has 0 saturated heterocycles. The molecular formula is C11H14N2O4. The number of hydroxylamine groups is 2. The molecule has 1 atom stereocenters. The molecule has 0 unspecified atom stereocenters. The molecule has 0 aromatic heterocycles. The first-order valence-electron chi connectivity index (χ1n) is 5.06. The van der Waals surface area contributed by atoms with Crippen LogP contribution in [0.4, 0.5) is 4.79 Å². The second-order valence-corrected chi connectivity index (χ2v) is 3.56. The molecule has 1 rings (SSSR count). The number of hydrogen-bond acceptors (Lipinski definition) is 3. The van der Waals surface area contributed by atoms with Crippen molar-refractivity contribution in [2.24, 2.45) is 0 Å². The van der Waals surface area contributed by atoms with Crippen LogP contribution < -0.4 is 5.32 Å². The lowest BCUT2D eigenvalue weighted by Crippen LogP contribution is -2.43. The molecule has 6 nitrogen and oxygen atoms in total. The van der Waals surface area contributed by atoms with E-state index in [1.54, 1.807) is 0 Å². The molecule has 0 aliphatic heterocycles. The number of nitrogens with one attached hydrogen (secondary N) is 1. The van der Waals surface area contributed by atoms with Crippen molar-refractivity contribution >= 4 is 12.5 Å². The molecule has 3 N–H and O–H groups in total. The zero-order chi connectivity index (χ0) is 12.7. The summed E-state index contributed by atoms with van der Waals surface area (Å²) in [4.78, 5) is 20.8. The third-order valence-corrected chi connectivity index (χ3v) is 2.18. The molecule has 0 aliphatic rings. The maximum absolute atomic E-state index is 10.6. The van der Waals surface area contributed by atoms with E-state index < -0.39 is 12.1 Å². The van der Waals surface area contributed by atoms with E-state index in [1.807, 2.05) is 30.3 Å². The van der Waals surface area contributed by atoms with Crippen LogP contribution >= 0.6 is 0 Å². The van der Waals surface area contributed by atoms with Crippen LogP contribution in [0.5, 0.6) is 0 Å². The zero-order valence-corrected chi connectivity index (χ0v) is 9.11. The Bertz CT molecular complexity index is 369. The predicted molar refractivity (Wildman–Crippen MR) is 59.7 cm³/mol.